The molecule has 0 bridgehead atoms. The summed E-state index contributed by atoms with van der Waals surface area (Å²) in [7, 11) is 4.00. The third-order valence-corrected chi connectivity index (χ3v) is 4.96. The second-order valence-electron chi connectivity index (χ2n) is 7.04. The fraction of sp³-hybridized carbons (Fsp3) is 0.579. The van der Waals surface area contributed by atoms with Gasteiger partial charge >= 0.3 is 12.1 Å². The summed E-state index contributed by atoms with van der Waals surface area (Å²) in [6, 6.07) is 3.43. The third kappa shape index (κ3) is 6.07. The van der Waals surface area contributed by atoms with Gasteiger partial charge in [0.1, 0.15) is 0 Å². The monoisotopic (exact) mass is 417 g/mol. The van der Waals surface area contributed by atoms with Crippen molar-refractivity contribution in [3.8, 4) is 0 Å². The van der Waals surface area contributed by atoms with Crippen molar-refractivity contribution in [3.05, 3.63) is 29.3 Å². The number of halogens is 3. The minimum Gasteiger partial charge on any atom is -0.462 e. The number of carbonyl (C=O) groups excluding carboxylic acids is 1. The predicted octanol–water partition coefficient (Wildman–Crippen LogP) is 4.04. The lowest BCUT2D eigenvalue weighted by atomic mass is 9.90. The summed E-state index contributed by atoms with van der Waals surface area (Å²) in [6.45, 7) is 1.67. The highest BCUT2D eigenvalue weighted by Crippen LogP contribution is 2.32. The number of hydrogen-bond donors (Lipinski definition) is 2. The Balaban J connectivity index is 2.18. The lowest BCUT2D eigenvalue weighted by Crippen LogP contribution is -2.52. The summed E-state index contributed by atoms with van der Waals surface area (Å²) in [4.78, 5) is 14.1. The Kier molecular flexibility index (Phi) is 7.65. The number of rotatable bonds is 5. The molecule has 0 unspecified atom stereocenters. The molecule has 156 valence electrons. The van der Waals surface area contributed by atoms with Crippen molar-refractivity contribution in [3.63, 3.8) is 0 Å². The lowest BCUT2D eigenvalue weighted by molar-refractivity contribution is -0.137. The van der Waals surface area contributed by atoms with Gasteiger partial charge in [-0.1, -0.05) is 12.8 Å². The smallest absolute Gasteiger partial charge is 0.416 e. The molecule has 1 aromatic carbocycles. The molecule has 1 fully saturated rings. The normalized spacial score (nSPS) is 20.0. The standard InChI is InChI=1S/C19H26F3N3O2S/c1-4-27-17(26)12-9-13(19(20,21)22)11-14(10-12)23-18(28)24-15-7-5-6-8-16(15)25(2)3/h9-11,15-16H,4-8H2,1-3H3,(H2,23,24,28)/t15-,16-/m1/s1. The molecule has 1 aliphatic carbocycles. The molecule has 0 aliphatic heterocycles. The first-order valence-corrected chi connectivity index (χ1v) is 9.66. The highest BCUT2D eigenvalue weighted by atomic mass is 32.1. The van der Waals surface area contributed by atoms with Crippen molar-refractivity contribution >= 4 is 29.0 Å². The number of nitrogens with one attached hydrogen (secondary N) is 2. The number of carbonyl (C=O) groups is 1. The van der Waals surface area contributed by atoms with Gasteiger partial charge in [-0.25, -0.2) is 4.79 Å². The van der Waals surface area contributed by atoms with E-state index in [-0.39, 0.29) is 29.0 Å². The summed E-state index contributed by atoms with van der Waals surface area (Å²) in [5.74, 6) is -0.810. The minimum absolute atomic E-state index is 0.0748. The van der Waals surface area contributed by atoms with Gasteiger partial charge in [0.05, 0.1) is 17.7 Å². The number of alkyl halides is 3. The summed E-state index contributed by atoms with van der Waals surface area (Å²) in [5.41, 5.74) is -1.02. The maximum Gasteiger partial charge on any atom is 0.416 e. The highest BCUT2D eigenvalue weighted by Gasteiger charge is 2.32. The number of hydrogen-bond acceptors (Lipinski definition) is 4. The highest BCUT2D eigenvalue weighted by molar-refractivity contribution is 7.80. The number of esters is 1. The molecule has 0 heterocycles. The van der Waals surface area contributed by atoms with E-state index in [1.54, 1.807) is 6.92 Å². The van der Waals surface area contributed by atoms with E-state index in [1.807, 2.05) is 14.1 Å². The average molecular weight is 417 g/mol. The van der Waals surface area contributed by atoms with Crippen LogP contribution in [-0.2, 0) is 10.9 Å². The van der Waals surface area contributed by atoms with Crippen molar-refractivity contribution < 1.29 is 22.7 Å². The Morgan fingerprint density at radius 2 is 1.93 bits per heavy atom. The van der Waals surface area contributed by atoms with E-state index in [2.05, 4.69) is 15.5 Å². The fourth-order valence-corrected chi connectivity index (χ4v) is 3.70. The van der Waals surface area contributed by atoms with Crippen LogP contribution in [0.25, 0.3) is 0 Å². The SMILES string of the molecule is CCOC(=O)c1cc(NC(=S)N[C@@H]2CCCC[C@H]2N(C)C)cc(C(F)(F)F)c1. The van der Waals surface area contributed by atoms with Gasteiger partial charge in [0, 0.05) is 17.8 Å². The van der Waals surface area contributed by atoms with Crippen LogP contribution in [0, 0.1) is 0 Å². The quantitative estimate of drug-likeness (QED) is 0.557. The van der Waals surface area contributed by atoms with Gasteiger partial charge in [-0.15, -0.1) is 0 Å². The fourth-order valence-electron chi connectivity index (χ4n) is 3.43. The maximum atomic E-state index is 13.2. The Morgan fingerprint density at radius 3 is 2.54 bits per heavy atom. The van der Waals surface area contributed by atoms with E-state index >= 15 is 0 Å². The van der Waals surface area contributed by atoms with E-state index in [0.717, 1.165) is 37.8 Å². The predicted molar refractivity (Wildman–Crippen MR) is 106 cm³/mol. The van der Waals surface area contributed by atoms with Crippen LogP contribution >= 0.6 is 12.2 Å². The van der Waals surface area contributed by atoms with Gasteiger partial charge in [0.2, 0.25) is 0 Å². The Bertz CT molecular complexity index is 710. The molecular formula is C19H26F3N3O2S. The third-order valence-electron chi connectivity index (χ3n) is 4.74. The van der Waals surface area contributed by atoms with Crippen LogP contribution in [0.15, 0.2) is 18.2 Å². The topological polar surface area (TPSA) is 53.6 Å². The van der Waals surface area contributed by atoms with Crippen LogP contribution < -0.4 is 10.6 Å². The summed E-state index contributed by atoms with van der Waals surface area (Å²) in [5, 5.41) is 6.23. The van der Waals surface area contributed by atoms with Crippen molar-refractivity contribution in [2.24, 2.45) is 0 Å². The number of nitrogens with zero attached hydrogens (tertiary/aromatic N) is 1. The lowest BCUT2D eigenvalue weighted by Gasteiger charge is -2.37. The van der Waals surface area contributed by atoms with Gasteiger partial charge in [0.25, 0.3) is 0 Å². The summed E-state index contributed by atoms with van der Waals surface area (Å²) in [6.07, 6.45) is -0.419. The first-order chi connectivity index (χ1) is 13.1. The molecule has 0 amide bonds. The van der Waals surface area contributed by atoms with Gasteiger partial charge in [-0.05, 0) is 64.3 Å². The van der Waals surface area contributed by atoms with E-state index < -0.39 is 17.7 Å². The van der Waals surface area contributed by atoms with Gasteiger partial charge in [-0.3, -0.25) is 0 Å². The van der Waals surface area contributed by atoms with Gasteiger partial charge < -0.3 is 20.3 Å². The molecule has 0 radical (unpaired) electrons. The van der Waals surface area contributed by atoms with E-state index in [9.17, 15) is 18.0 Å². The zero-order chi connectivity index (χ0) is 20.9. The van der Waals surface area contributed by atoms with Crippen LogP contribution in [-0.4, -0.2) is 48.8 Å². The van der Waals surface area contributed by atoms with E-state index in [4.69, 9.17) is 17.0 Å². The molecule has 1 aliphatic rings. The van der Waals surface area contributed by atoms with Crippen molar-refractivity contribution in [1.29, 1.82) is 0 Å². The molecule has 5 nitrogen and oxygen atoms in total. The van der Waals surface area contributed by atoms with Crippen LogP contribution in [0.1, 0.15) is 48.5 Å². The van der Waals surface area contributed by atoms with Crippen LogP contribution in [0.5, 0.6) is 0 Å². The van der Waals surface area contributed by atoms with Crippen LogP contribution in [0.2, 0.25) is 0 Å². The molecule has 9 heteroatoms. The Labute approximate surface area is 168 Å². The molecule has 2 rings (SSSR count). The molecular weight excluding hydrogens is 391 g/mol. The van der Waals surface area contributed by atoms with Crippen molar-refractivity contribution in [2.45, 2.75) is 50.9 Å². The van der Waals surface area contributed by atoms with E-state index in [0.29, 0.717) is 6.04 Å². The molecule has 0 aromatic heterocycles. The largest absolute Gasteiger partial charge is 0.462 e. The van der Waals surface area contributed by atoms with Gasteiger partial charge in [-0.2, -0.15) is 13.2 Å². The summed E-state index contributed by atoms with van der Waals surface area (Å²) < 4.78 is 44.5. The molecule has 2 N–H and O–H groups in total. The van der Waals surface area contributed by atoms with Crippen LogP contribution in [0.4, 0.5) is 18.9 Å². The van der Waals surface area contributed by atoms with Gasteiger partial charge in [0.15, 0.2) is 5.11 Å². The average Bonchev–Trinajstić information content (AvgIpc) is 2.61. The zero-order valence-electron chi connectivity index (χ0n) is 16.2. The molecule has 0 saturated heterocycles. The summed E-state index contributed by atoms with van der Waals surface area (Å²) >= 11 is 5.32. The number of benzene rings is 1. The van der Waals surface area contributed by atoms with E-state index in [1.165, 1.54) is 6.07 Å². The first kappa shape index (κ1) is 22.4. The zero-order valence-corrected chi connectivity index (χ0v) is 17.0. The van der Waals surface area contributed by atoms with Crippen LogP contribution in [0.3, 0.4) is 0 Å². The number of likely N-dealkylation sites (N-methyl/N-ethyl adjacent to an activating group) is 1. The minimum atomic E-state index is -4.59. The molecule has 2 atom stereocenters. The number of ether oxygens (including phenoxy) is 1. The molecule has 1 aromatic rings. The molecule has 28 heavy (non-hydrogen) atoms. The second-order valence-corrected chi connectivity index (χ2v) is 7.45. The van der Waals surface area contributed by atoms with Crippen molar-refractivity contribution in [2.75, 3.05) is 26.0 Å². The van der Waals surface area contributed by atoms with Crippen molar-refractivity contribution in [1.82, 2.24) is 10.2 Å². The Morgan fingerprint density at radius 1 is 1.25 bits per heavy atom. The number of thiocarbonyl (C=S) groups is 1. The molecule has 0 spiro atoms. The first-order valence-electron chi connectivity index (χ1n) is 9.25. The second kappa shape index (κ2) is 9.56. The Hall–Kier alpha value is -1.87. The molecule has 1 saturated carbocycles. The maximum absolute atomic E-state index is 13.2. The number of anilines is 1.